The molecule has 4 heterocycles. The van der Waals surface area contributed by atoms with Crippen molar-refractivity contribution in [1.82, 2.24) is 24.7 Å². The maximum atomic E-state index is 12.6. The predicted octanol–water partition coefficient (Wildman–Crippen LogP) is 5.67. The lowest BCUT2D eigenvalue weighted by atomic mass is 10.0. The van der Waals surface area contributed by atoms with E-state index in [0.717, 1.165) is 44.9 Å². The molecule has 0 saturated carbocycles. The number of aryl methyl sites for hydroxylation is 2. The van der Waals surface area contributed by atoms with E-state index < -0.39 is 0 Å². The van der Waals surface area contributed by atoms with Crippen LogP contribution in [-0.4, -0.2) is 38.3 Å². The predicted molar refractivity (Wildman–Crippen MR) is 156 cm³/mol. The molecule has 0 radical (unpaired) electrons. The molecule has 0 aliphatic rings. The number of anilines is 1. The number of amides is 1. The molecule has 2 N–H and O–H groups in total. The first-order valence-electron chi connectivity index (χ1n) is 12.5. The molecular weight excluding hydrogens is 508 g/mol. The smallest absolute Gasteiger partial charge is 0.242 e. The number of likely N-dealkylation sites (N-methyl/N-ethyl adjacent to an activating group) is 1. The Balaban J connectivity index is 1.72. The minimum absolute atomic E-state index is 0.190. The third kappa shape index (κ3) is 5.53. The van der Waals surface area contributed by atoms with Crippen molar-refractivity contribution in [3.8, 4) is 34.4 Å². The number of nitrogens with zero attached hydrogens (tertiary/aromatic N) is 4. The number of carbonyl (C=O) groups excluding carboxylic acids is 1. The van der Waals surface area contributed by atoms with Gasteiger partial charge in [0.15, 0.2) is 0 Å². The average Bonchev–Trinajstić information content (AvgIpc) is 3.32. The van der Waals surface area contributed by atoms with Crippen molar-refractivity contribution in [3.63, 3.8) is 0 Å². The van der Waals surface area contributed by atoms with Crippen molar-refractivity contribution in [2.24, 2.45) is 0 Å². The normalized spacial score (nSPS) is 11.6. The van der Waals surface area contributed by atoms with Crippen LogP contribution in [-0.2, 0) is 4.79 Å². The number of benzene rings is 1. The van der Waals surface area contributed by atoms with Gasteiger partial charge in [0.25, 0.3) is 0 Å². The van der Waals surface area contributed by atoms with Crippen LogP contribution >= 0.6 is 11.6 Å². The lowest BCUT2D eigenvalue weighted by Crippen LogP contribution is -2.35. The van der Waals surface area contributed by atoms with Crippen LogP contribution in [0.4, 0.5) is 5.82 Å². The van der Waals surface area contributed by atoms with E-state index in [1.54, 1.807) is 32.4 Å². The number of rotatable bonds is 5. The van der Waals surface area contributed by atoms with Crippen molar-refractivity contribution in [2.75, 3.05) is 12.4 Å². The zero-order chi connectivity index (χ0) is 27.5. The number of fused-ring (bicyclic) bond motifs is 1. The fourth-order valence-electron chi connectivity index (χ4n) is 4.10. The van der Waals surface area contributed by atoms with Crippen molar-refractivity contribution in [3.05, 3.63) is 101 Å². The Kier molecular flexibility index (Phi) is 7.42. The summed E-state index contributed by atoms with van der Waals surface area (Å²) >= 11 is 6.35. The molecule has 8 heteroatoms. The maximum Gasteiger partial charge on any atom is 0.242 e. The highest BCUT2D eigenvalue weighted by molar-refractivity contribution is 6.31. The minimum atomic E-state index is -0.379. The molecular formula is C31H27ClN6O. The summed E-state index contributed by atoms with van der Waals surface area (Å²) in [5, 5.41) is 6.47. The van der Waals surface area contributed by atoms with Gasteiger partial charge >= 0.3 is 0 Å². The second-order valence-electron chi connectivity index (χ2n) is 9.28. The van der Waals surface area contributed by atoms with Crippen molar-refractivity contribution >= 4 is 29.0 Å². The standard InChI is InChI=1S/C31H27ClN6O/c1-19-13-16-38-28(17-19)37-29(23-11-14-34-15-12-23)30(38)24-8-10-27(36-31(39)21(3)33-4)35-26(24)9-7-22-6-5-20(2)25(32)18-22/h5-6,8,10-18,21,33H,1-4H3,(H,35,36,39). The van der Waals surface area contributed by atoms with Gasteiger partial charge in [0.2, 0.25) is 5.91 Å². The molecule has 0 saturated heterocycles. The summed E-state index contributed by atoms with van der Waals surface area (Å²) in [7, 11) is 1.73. The molecule has 7 nitrogen and oxygen atoms in total. The van der Waals surface area contributed by atoms with E-state index in [1.807, 2.05) is 73.0 Å². The first-order chi connectivity index (χ1) is 18.8. The molecule has 1 amide bonds. The highest BCUT2D eigenvalue weighted by Crippen LogP contribution is 2.34. The van der Waals surface area contributed by atoms with E-state index in [2.05, 4.69) is 27.5 Å². The van der Waals surface area contributed by atoms with E-state index in [4.69, 9.17) is 21.6 Å². The topological polar surface area (TPSA) is 84.2 Å². The van der Waals surface area contributed by atoms with Gasteiger partial charge in [0.1, 0.15) is 17.2 Å². The molecule has 5 aromatic rings. The first-order valence-corrected chi connectivity index (χ1v) is 12.9. The molecule has 194 valence electrons. The molecule has 5 rings (SSSR count). The van der Waals surface area contributed by atoms with Gasteiger partial charge in [0, 0.05) is 40.3 Å². The van der Waals surface area contributed by atoms with Gasteiger partial charge in [-0.2, -0.15) is 0 Å². The quantitative estimate of drug-likeness (QED) is 0.284. The summed E-state index contributed by atoms with van der Waals surface area (Å²) in [6.45, 7) is 5.77. The highest BCUT2D eigenvalue weighted by Gasteiger charge is 2.20. The maximum absolute atomic E-state index is 12.6. The lowest BCUT2D eigenvalue weighted by molar-refractivity contribution is -0.117. The number of halogens is 1. The molecule has 1 aromatic carbocycles. The summed E-state index contributed by atoms with van der Waals surface area (Å²) in [5.74, 6) is 6.66. The van der Waals surface area contributed by atoms with Gasteiger partial charge in [0.05, 0.1) is 17.4 Å². The van der Waals surface area contributed by atoms with Crippen LogP contribution in [0.15, 0.2) is 73.2 Å². The van der Waals surface area contributed by atoms with E-state index >= 15 is 0 Å². The summed E-state index contributed by atoms with van der Waals surface area (Å²) in [5.41, 5.74) is 7.48. The zero-order valence-electron chi connectivity index (χ0n) is 22.1. The van der Waals surface area contributed by atoms with Crippen LogP contribution in [0.2, 0.25) is 5.02 Å². The third-order valence-corrected chi connectivity index (χ3v) is 6.87. The summed E-state index contributed by atoms with van der Waals surface area (Å²) in [6.07, 6.45) is 5.49. The second kappa shape index (κ2) is 11.1. The average molecular weight is 535 g/mol. The van der Waals surface area contributed by atoms with Crippen LogP contribution in [0.5, 0.6) is 0 Å². The first kappa shape index (κ1) is 26.1. The van der Waals surface area contributed by atoms with Gasteiger partial charge in [-0.25, -0.2) is 9.97 Å². The van der Waals surface area contributed by atoms with Crippen LogP contribution in [0, 0.1) is 25.7 Å². The number of hydrogen-bond acceptors (Lipinski definition) is 5. The Bertz CT molecular complexity index is 1750. The van der Waals surface area contributed by atoms with Gasteiger partial charge in [-0.15, -0.1) is 0 Å². The van der Waals surface area contributed by atoms with E-state index in [9.17, 15) is 4.79 Å². The lowest BCUT2D eigenvalue weighted by Gasteiger charge is -2.13. The number of carbonyl (C=O) groups is 1. The largest absolute Gasteiger partial charge is 0.309 e. The SMILES string of the molecule is CNC(C)C(=O)Nc1ccc(-c2c(-c3ccncc3)nc3cc(C)ccn23)c(C#Cc2ccc(C)c(Cl)c2)n1. The Morgan fingerprint density at radius 1 is 1.00 bits per heavy atom. The van der Waals surface area contributed by atoms with Crippen molar-refractivity contribution in [2.45, 2.75) is 26.8 Å². The molecule has 0 aliphatic carbocycles. The monoisotopic (exact) mass is 534 g/mol. The fraction of sp³-hybridized carbons (Fsp3) is 0.161. The molecule has 0 bridgehead atoms. The molecule has 0 spiro atoms. The molecule has 4 aromatic heterocycles. The Morgan fingerprint density at radius 2 is 1.79 bits per heavy atom. The van der Waals surface area contributed by atoms with Crippen LogP contribution in [0.3, 0.4) is 0 Å². The zero-order valence-corrected chi connectivity index (χ0v) is 22.8. The summed E-state index contributed by atoms with van der Waals surface area (Å²) in [4.78, 5) is 26.5. The van der Waals surface area contributed by atoms with Crippen LogP contribution in [0.25, 0.3) is 28.2 Å². The number of pyridine rings is 3. The number of nitrogens with one attached hydrogen (secondary N) is 2. The van der Waals surface area contributed by atoms with E-state index in [-0.39, 0.29) is 11.9 Å². The number of hydrogen-bond donors (Lipinski definition) is 2. The molecule has 1 atom stereocenters. The number of aromatic nitrogens is 4. The Hall–Kier alpha value is -4.51. The molecule has 1 unspecified atom stereocenters. The molecule has 39 heavy (non-hydrogen) atoms. The van der Waals surface area contributed by atoms with Gasteiger partial charge in [-0.3, -0.25) is 14.2 Å². The summed E-state index contributed by atoms with van der Waals surface area (Å²) < 4.78 is 2.04. The molecule has 0 fully saturated rings. The second-order valence-corrected chi connectivity index (χ2v) is 9.69. The van der Waals surface area contributed by atoms with Crippen molar-refractivity contribution in [1.29, 1.82) is 0 Å². The Labute approximate surface area is 232 Å². The van der Waals surface area contributed by atoms with E-state index in [1.165, 1.54) is 0 Å². The summed E-state index contributed by atoms with van der Waals surface area (Å²) in [6, 6.07) is 17.0. The van der Waals surface area contributed by atoms with Crippen molar-refractivity contribution < 1.29 is 4.79 Å². The van der Waals surface area contributed by atoms with Crippen LogP contribution < -0.4 is 10.6 Å². The Morgan fingerprint density at radius 3 is 2.54 bits per heavy atom. The fourth-order valence-corrected chi connectivity index (χ4v) is 4.28. The van der Waals surface area contributed by atoms with Gasteiger partial charge in [-0.05, 0) is 93.4 Å². The number of imidazole rings is 1. The highest BCUT2D eigenvalue weighted by atomic mass is 35.5. The van der Waals surface area contributed by atoms with Gasteiger partial charge in [-0.1, -0.05) is 23.6 Å². The van der Waals surface area contributed by atoms with Crippen LogP contribution in [0.1, 0.15) is 29.3 Å². The molecule has 0 aliphatic heterocycles. The van der Waals surface area contributed by atoms with E-state index in [0.29, 0.717) is 16.5 Å². The van der Waals surface area contributed by atoms with Gasteiger partial charge < -0.3 is 10.6 Å². The minimum Gasteiger partial charge on any atom is -0.309 e. The third-order valence-electron chi connectivity index (χ3n) is 6.46.